The van der Waals surface area contributed by atoms with Crippen LogP contribution in [0.2, 0.25) is 0 Å². The zero-order chi connectivity index (χ0) is 11.4. The van der Waals surface area contributed by atoms with Gasteiger partial charge in [-0.1, -0.05) is 13.3 Å². The van der Waals surface area contributed by atoms with Gasteiger partial charge in [-0.15, -0.1) is 0 Å². The van der Waals surface area contributed by atoms with Gasteiger partial charge >= 0.3 is 5.97 Å². The highest BCUT2D eigenvalue weighted by atomic mass is 16.5. The quantitative estimate of drug-likeness (QED) is 0.688. The summed E-state index contributed by atoms with van der Waals surface area (Å²) >= 11 is 0. The number of rotatable bonds is 4. The van der Waals surface area contributed by atoms with E-state index in [-0.39, 0.29) is 12.1 Å². The van der Waals surface area contributed by atoms with Crippen molar-refractivity contribution in [2.75, 3.05) is 13.1 Å². The molecular formula is C13H23NO2. The van der Waals surface area contributed by atoms with Crippen molar-refractivity contribution >= 4 is 5.97 Å². The molecule has 0 aromatic rings. The van der Waals surface area contributed by atoms with Gasteiger partial charge in [-0.3, -0.25) is 4.79 Å². The van der Waals surface area contributed by atoms with Crippen LogP contribution < -0.4 is 0 Å². The van der Waals surface area contributed by atoms with Crippen molar-refractivity contribution < 1.29 is 9.53 Å². The minimum atomic E-state index is -0.00964. The van der Waals surface area contributed by atoms with E-state index < -0.39 is 0 Å². The first-order valence-electron chi connectivity index (χ1n) is 6.73. The Bertz CT molecular complexity index is 230. The van der Waals surface area contributed by atoms with Crippen LogP contribution in [0.1, 0.15) is 51.9 Å². The molecule has 92 valence electrons. The molecule has 0 aromatic carbocycles. The van der Waals surface area contributed by atoms with E-state index in [0.29, 0.717) is 6.42 Å². The molecule has 2 aliphatic rings. The third-order valence-electron chi connectivity index (χ3n) is 3.82. The van der Waals surface area contributed by atoms with Gasteiger partial charge < -0.3 is 9.64 Å². The predicted molar refractivity (Wildman–Crippen MR) is 63.2 cm³/mol. The molecule has 2 rings (SSSR count). The fraction of sp³-hybridized carbons (Fsp3) is 0.923. The van der Waals surface area contributed by atoms with Gasteiger partial charge in [-0.2, -0.15) is 0 Å². The minimum absolute atomic E-state index is 0.00964. The Morgan fingerprint density at radius 1 is 1.25 bits per heavy atom. The third-order valence-corrected chi connectivity index (χ3v) is 3.82. The molecule has 0 N–H and O–H groups in total. The molecule has 2 fully saturated rings. The number of likely N-dealkylation sites (tertiary alicyclic amines) is 1. The Labute approximate surface area is 98.1 Å². The van der Waals surface area contributed by atoms with Gasteiger partial charge in [-0.05, 0) is 32.1 Å². The van der Waals surface area contributed by atoms with Crippen LogP contribution in [0, 0.1) is 0 Å². The third kappa shape index (κ3) is 2.97. The van der Waals surface area contributed by atoms with E-state index in [1.54, 1.807) is 0 Å². The second-order valence-electron chi connectivity index (χ2n) is 5.06. The predicted octanol–water partition coefficient (Wildman–Crippen LogP) is 2.35. The Balaban J connectivity index is 1.66. The summed E-state index contributed by atoms with van der Waals surface area (Å²) in [5, 5.41) is 0. The molecule has 1 saturated carbocycles. The van der Waals surface area contributed by atoms with E-state index in [2.05, 4.69) is 4.90 Å². The highest BCUT2D eigenvalue weighted by molar-refractivity contribution is 5.69. The number of piperidine rings is 1. The molecule has 1 aliphatic heterocycles. The number of carbonyl (C=O) groups is 1. The molecule has 3 heteroatoms. The fourth-order valence-electron chi connectivity index (χ4n) is 2.56. The lowest BCUT2D eigenvalue weighted by Crippen LogP contribution is -2.46. The van der Waals surface area contributed by atoms with Crippen LogP contribution >= 0.6 is 0 Å². The Hall–Kier alpha value is -0.570. The van der Waals surface area contributed by atoms with Crippen molar-refractivity contribution in [3.05, 3.63) is 0 Å². The molecule has 1 heterocycles. The van der Waals surface area contributed by atoms with Gasteiger partial charge in [0.05, 0.1) is 0 Å². The molecule has 0 amide bonds. The smallest absolute Gasteiger partial charge is 0.306 e. The second kappa shape index (κ2) is 5.67. The normalized spacial score (nSPS) is 24.1. The summed E-state index contributed by atoms with van der Waals surface area (Å²) in [6.07, 6.45) is 7.87. The van der Waals surface area contributed by atoms with Crippen LogP contribution in [0.15, 0.2) is 0 Å². The molecule has 0 bridgehead atoms. The number of nitrogens with zero attached hydrogens (tertiary/aromatic N) is 1. The maximum atomic E-state index is 11.4. The molecule has 1 aliphatic carbocycles. The van der Waals surface area contributed by atoms with Crippen molar-refractivity contribution in [2.24, 2.45) is 0 Å². The lowest BCUT2D eigenvalue weighted by atomic mass is 9.90. The number of carbonyl (C=O) groups excluding carboxylic acids is 1. The first kappa shape index (κ1) is 11.9. The topological polar surface area (TPSA) is 29.5 Å². The molecule has 0 atom stereocenters. The summed E-state index contributed by atoms with van der Waals surface area (Å²) in [5.74, 6) is -0.00964. The molecule has 0 aromatic heterocycles. The van der Waals surface area contributed by atoms with Gasteiger partial charge in [0.25, 0.3) is 0 Å². The summed E-state index contributed by atoms with van der Waals surface area (Å²) in [6.45, 7) is 4.25. The van der Waals surface area contributed by atoms with Crippen LogP contribution in [-0.2, 0) is 9.53 Å². The van der Waals surface area contributed by atoms with Crippen molar-refractivity contribution in [1.82, 2.24) is 4.90 Å². The number of esters is 1. The first-order valence-corrected chi connectivity index (χ1v) is 6.73. The van der Waals surface area contributed by atoms with Gasteiger partial charge in [-0.25, -0.2) is 0 Å². The Morgan fingerprint density at radius 3 is 2.44 bits per heavy atom. The molecular weight excluding hydrogens is 202 g/mol. The standard InChI is InChI=1S/C13H23NO2/c1-2-4-13(15)16-12-7-9-14(10-8-12)11-5-3-6-11/h11-12H,2-10H2,1H3. The molecule has 1 saturated heterocycles. The molecule has 0 radical (unpaired) electrons. The summed E-state index contributed by atoms with van der Waals surface area (Å²) in [4.78, 5) is 13.9. The average Bonchev–Trinajstić information content (AvgIpc) is 2.18. The van der Waals surface area contributed by atoms with Gasteiger partial charge in [0.1, 0.15) is 6.10 Å². The monoisotopic (exact) mass is 225 g/mol. The maximum Gasteiger partial charge on any atom is 0.306 e. The zero-order valence-electron chi connectivity index (χ0n) is 10.3. The molecule has 0 spiro atoms. The maximum absolute atomic E-state index is 11.4. The summed E-state index contributed by atoms with van der Waals surface area (Å²) in [5.41, 5.74) is 0. The van der Waals surface area contributed by atoms with Crippen LogP contribution in [0.25, 0.3) is 0 Å². The second-order valence-corrected chi connectivity index (χ2v) is 5.06. The van der Waals surface area contributed by atoms with E-state index in [9.17, 15) is 4.79 Å². The highest BCUT2D eigenvalue weighted by Crippen LogP contribution is 2.28. The number of ether oxygens (including phenoxy) is 1. The van der Waals surface area contributed by atoms with E-state index in [1.165, 1.54) is 19.3 Å². The van der Waals surface area contributed by atoms with Crippen molar-refractivity contribution in [3.8, 4) is 0 Å². The van der Waals surface area contributed by atoms with E-state index >= 15 is 0 Å². The summed E-state index contributed by atoms with van der Waals surface area (Å²) in [6, 6.07) is 0.840. The van der Waals surface area contributed by atoms with Crippen LogP contribution in [0.4, 0.5) is 0 Å². The van der Waals surface area contributed by atoms with E-state index in [0.717, 1.165) is 38.4 Å². The lowest BCUT2D eigenvalue weighted by molar-refractivity contribution is -0.151. The summed E-state index contributed by atoms with van der Waals surface area (Å²) in [7, 11) is 0. The molecule has 0 unspecified atom stereocenters. The average molecular weight is 225 g/mol. The lowest BCUT2D eigenvalue weighted by Gasteiger charge is -2.41. The zero-order valence-corrected chi connectivity index (χ0v) is 10.3. The van der Waals surface area contributed by atoms with E-state index in [1.807, 2.05) is 6.92 Å². The van der Waals surface area contributed by atoms with Gasteiger partial charge in [0, 0.05) is 25.6 Å². The largest absolute Gasteiger partial charge is 0.462 e. The van der Waals surface area contributed by atoms with Crippen molar-refractivity contribution in [3.63, 3.8) is 0 Å². The van der Waals surface area contributed by atoms with Gasteiger partial charge in [0.2, 0.25) is 0 Å². The van der Waals surface area contributed by atoms with Crippen LogP contribution in [0.3, 0.4) is 0 Å². The van der Waals surface area contributed by atoms with Crippen molar-refractivity contribution in [1.29, 1.82) is 0 Å². The first-order chi connectivity index (χ1) is 7.79. The van der Waals surface area contributed by atoms with Crippen LogP contribution in [0.5, 0.6) is 0 Å². The van der Waals surface area contributed by atoms with Gasteiger partial charge in [0.15, 0.2) is 0 Å². The number of hydrogen-bond acceptors (Lipinski definition) is 3. The summed E-state index contributed by atoms with van der Waals surface area (Å²) < 4.78 is 5.45. The SMILES string of the molecule is CCCC(=O)OC1CCN(C2CCC2)CC1. The Kier molecular flexibility index (Phi) is 4.22. The minimum Gasteiger partial charge on any atom is -0.462 e. The fourth-order valence-corrected chi connectivity index (χ4v) is 2.56. The Morgan fingerprint density at radius 2 is 1.94 bits per heavy atom. The molecule has 16 heavy (non-hydrogen) atoms. The van der Waals surface area contributed by atoms with E-state index in [4.69, 9.17) is 4.74 Å². The molecule has 3 nitrogen and oxygen atoms in total. The van der Waals surface area contributed by atoms with Crippen molar-refractivity contribution in [2.45, 2.75) is 64.0 Å². The number of hydrogen-bond donors (Lipinski definition) is 0. The highest BCUT2D eigenvalue weighted by Gasteiger charge is 2.29. The van der Waals surface area contributed by atoms with Crippen LogP contribution in [-0.4, -0.2) is 36.1 Å².